The molecule has 0 bridgehead atoms. The number of H-pyrrole nitrogens is 1. The molecule has 6 nitrogen and oxygen atoms in total. The Bertz CT molecular complexity index is 903. The molecule has 0 fully saturated rings. The molecule has 0 saturated carbocycles. The maximum Gasteiger partial charge on any atom is 0.323 e. The van der Waals surface area contributed by atoms with Crippen molar-refractivity contribution in [1.82, 2.24) is 10.3 Å². The summed E-state index contributed by atoms with van der Waals surface area (Å²) in [6.45, 7) is 1.78. The van der Waals surface area contributed by atoms with E-state index in [1.54, 1.807) is 31.3 Å². The number of anilines is 1. The maximum atomic E-state index is 11.6. The van der Waals surface area contributed by atoms with Gasteiger partial charge in [-0.2, -0.15) is 5.26 Å². The van der Waals surface area contributed by atoms with E-state index in [0.29, 0.717) is 11.4 Å². The Kier molecular flexibility index (Phi) is 3.24. The predicted molar refractivity (Wildman–Crippen MR) is 83.1 cm³/mol. The molecule has 108 valence electrons. The van der Waals surface area contributed by atoms with Crippen molar-refractivity contribution in [1.29, 1.82) is 5.26 Å². The van der Waals surface area contributed by atoms with Crippen LogP contribution in [0.3, 0.4) is 0 Å². The highest BCUT2D eigenvalue weighted by atomic mass is 16.2. The lowest BCUT2D eigenvalue weighted by Crippen LogP contribution is -2.22. The summed E-state index contributed by atoms with van der Waals surface area (Å²) in [5.41, 5.74) is 3.51. The van der Waals surface area contributed by atoms with Crippen molar-refractivity contribution >= 4 is 17.8 Å². The van der Waals surface area contributed by atoms with Crippen molar-refractivity contribution in [2.75, 3.05) is 5.32 Å². The van der Waals surface area contributed by atoms with E-state index in [9.17, 15) is 9.59 Å². The van der Waals surface area contributed by atoms with Crippen LogP contribution in [0.5, 0.6) is 0 Å². The van der Waals surface area contributed by atoms with Gasteiger partial charge >= 0.3 is 6.03 Å². The summed E-state index contributed by atoms with van der Waals surface area (Å²) in [5, 5.41) is 14.3. The summed E-state index contributed by atoms with van der Waals surface area (Å²) < 4.78 is 0. The van der Waals surface area contributed by atoms with Crippen molar-refractivity contribution in [2.24, 2.45) is 0 Å². The highest BCUT2D eigenvalue weighted by molar-refractivity contribution is 5.95. The minimum Gasteiger partial charge on any atom is -0.325 e. The van der Waals surface area contributed by atoms with E-state index >= 15 is 0 Å². The quantitative estimate of drug-likeness (QED) is 0.752. The second-order valence-corrected chi connectivity index (χ2v) is 4.90. The van der Waals surface area contributed by atoms with Gasteiger partial charge in [-0.15, -0.1) is 0 Å². The van der Waals surface area contributed by atoms with Crippen LogP contribution in [0.2, 0.25) is 0 Å². The number of amides is 2. The zero-order valence-corrected chi connectivity index (χ0v) is 11.7. The van der Waals surface area contributed by atoms with Gasteiger partial charge < -0.3 is 15.6 Å². The highest BCUT2D eigenvalue weighted by Gasteiger charge is 2.12. The van der Waals surface area contributed by atoms with E-state index in [2.05, 4.69) is 15.6 Å². The van der Waals surface area contributed by atoms with Gasteiger partial charge in [0, 0.05) is 28.7 Å². The fraction of sp³-hybridized carbons (Fsp3) is 0.0625. The number of nitrogens with zero attached hydrogens (tertiary/aromatic N) is 1. The van der Waals surface area contributed by atoms with E-state index < -0.39 is 5.56 Å². The first-order valence-corrected chi connectivity index (χ1v) is 6.61. The summed E-state index contributed by atoms with van der Waals surface area (Å²) in [7, 11) is 0. The second kappa shape index (κ2) is 5.22. The van der Waals surface area contributed by atoms with Crippen LogP contribution in [0.15, 0.2) is 35.3 Å². The number of aryl methyl sites for hydroxylation is 1. The Morgan fingerprint density at radius 2 is 2.00 bits per heavy atom. The Morgan fingerprint density at radius 1 is 1.18 bits per heavy atom. The molecule has 2 amide bonds. The maximum absolute atomic E-state index is 11.6. The lowest BCUT2D eigenvalue weighted by Gasteiger charge is -2.10. The van der Waals surface area contributed by atoms with Gasteiger partial charge in [-0.25, -0.2) is 4.79 Å². The number of nitriles is 1. The molecule has 0 aliphatic carbocycles. The van der Waals surface area contributed by atoms with Crippen LogP contribution in [0, 0.1) is 18.3 Å². The topological polar surface area (TPSA) is 97.8 Å². The monoisotopic (exact) mass is 292 g/mol. The second-order valence-electron chi connectivity index (χ2n) is 4.90. The molecular weight excluding hydrogens is 280 g/mol. The lowest BCUT2D eigenvalue weighted by molar-refractivity contribution is 0.255. The third-order valence-electron chi connectivity index (χ3n) is 3.45. The number of urea groups is 1. The third kappa shape index (κ3) is 2.36. The van der Waals surface area contributed by atoms with Crippen LogP contribution in [-0.4, -0.2) is 11.0 Å². The van der Waals surface area contributed by atoms with Crippen molar-refractivity contribution in [3.05, 3.63) is 57.6 Å². The fourth-order valence-corrected chi connectivity index (χ4v) is 2.35. The van der Waals surface area contributed by atoms with Gasteiger partial charge in [0.05, 0.1) is 0 Å². The van der Waals surface area contributed by atoms with Crippen molar-refractivity contribution in [3.63, 3.8) is 0 Å². The van der Waals surface area contributed by atoms with Crippen LogP contribution in [0.25, 0.3) is 17.2 Å². The van der Waals surface area contributed by atoms with E-state index in [4.69, 9.17) is 5.26 Å². The molecule has 0 spiro atoms. The van der Waals surface area contributed by atoms with Gasteiger partial charge in [0.2, 0.25) is 0 Å². The van der Waals surface area contributed by atoms with E-state index in [0.717, 1.165) is 16.7 Å². The lowest BCUT2D eigenvalue weighted by atomic mass is 9.99. The minimum atomic E-state index is -0.394. The normalized spacial score (nSPS) is 12.6. The number of rotatable bonds is 1. The Hall–Kier alpha value is -3.33. The minimum absolute atomic E-state index is 0.0704. The third-order valence-corrected chi connectivity index (χ3v) is 3.45. The average Bonchev–Trinajstić information content (AvgIpc) is 2.67. The highest BCUT2D eigenvalue weighted by Crippen LogP contribution is 2.28. The van der Waals surface area contributed by atoms with Gasteiger partial charge in [-0.05, 0) is 36.8 Å². The van der Waals surface area contributed by atoms with Gasteiger partial charge in [0.25, 0.3) is 5.56 Å². The van der Waals surface area contributed by atoms with E-state index in [-0.39, 0.29) is 11.6 Å². The number of pyridine rings is 1. The number of carbonyl (C=O) groups is 1. The fourth-order valence-electron chi connectivity index (χ4n) is 2.35. The average molecular weight is 292 g/mol. The number of nitrogens with one attached hydrogen (secondary N) is 3. The first-order chi connectivity index (χ1) is 10.6. The number of benzene rings is 1. The molecule has 22 heavy (non-hydrogen) atoms. The molecule has 0 saturated heterocycles. The van der Waals surface area contributed by atoms with Crippen LogP contribution >= 0.6 is 0 Å². The van der Waals surface area contributed by atoms with Gasteiger partial charge in [-0.1, -0.05) is 6.07 Å². The summed E-state index contributed by atoms with van der Waals surface area (Å²) in [4.78, 5) is 25.7. The first-order valence-electron chi connectivity index (χ1n) is 6.61. The SMILES string of the molecule is Cc1[nH]c(=O)c(C#N)cc1-c1ccc2c(c1)C=CNC(=O)N2. The van der Waals surface area contributed by atoms with Crippen LogP contribution in [-0.2, 0) is 0 Å². The Morgan fingerprint density at radius 3 is 2.77 bits per heavy atom. The Labute approximate surface area is 126 Å². The smallest absolute Gasteiger partial charge is 0.323 e. The summed E-state index contributed by atoms with van der Waals surface area (Å²) in [6.07, 6.45) is 3.34. The number of fused-ring (bicyclic) bond motifs is 1. The standard InChI is InChI=1S/C16H12N4O2/c1-9-13(7-12(8-17)15(21)19-9)10-2-3-14-11(6-10)4-5-18-16(22)20-14/h2-7H,1H3,(H,19,21)(H2,18,20,22). The number of aromatic nitrogens is 1. The Balaban J connectivity index is 2.15. The summed E-state index contributed by atoms with van der Waals surface area (Å²) in [6, 6.07) is 8.68. The summed E-state index contributed by atoms with van der Waals surface area (Å²) in [5.74, 6) is 0. The molecule has 1 aliphatic rings. The largest absolute Gasteiger partial charge is 0.325 e. The zero-order valence-electron chi connectivity index (χ0n) is 11.7. The van der Waals surface area contributed by atoms with Crippen LogP contribution in [0.4, 0.5) is 10.5 Å². The van der Waals surface area contributed by atoms with Gasteiger partial charge in [0.1, 0.15) is 11.6 Å². The molecule has 0 atom stereocenters. The molecule has 3 rings (SSSR count). The molecule has 0 radical (unpaired) electrons. The summed E-state index contributed by atoms with van der Waals surface area (Å²) >= 11 is 0. The van der Waals surface area contributed by atoms with Crippen molar-refractivity contribution in [3.8, 4) is 17.2 Å². The molecule has 1 aromatic carbocycles. The van der Waals surface area contributed by atoms with E-state index in [1.165, 1.54) is 0 Å². The number of carbonyl (C=O) groups excluding carboxylic acids is 1. The predicted octanol–water partition coefficient (Wildman–Crippen LogP) is 2.33. The van der Waals surface area contributed by atoms with Crippen LogP contribution < -0.4 is 16.2 Å². The van der Waals surface area contributed by atoms with Gasteiger partial charge in [-0.3, -0.25) is 4.79 Å². The van der Waals surface area contributed by atoms with Crippen molar-refractivity contribution < 1.29 is 4.79 Å². The zero-order chi connectivity index (χ0) is 15.7. The number of hydrogen-bond acceptors (Lipinski definition) is 3. The molecule has 2 aromatic rings. The molecule has 1 aliphatic heterocycles. The molecule has 2 heterocycles. The van der Waals surface area contributed by atoms with Gasteiger partial charge in [0.15, 0.2) is 0 Å². The molecule has 3 N–H and O–H groups in total. The van der Waals surface area contributed by atoms with Crippen molar-refractivity contribution in [2.45, 2.75) is 6.92 Å². The molecule has 6 heteroatoms. The first kappa shape index (κ1) is 13.6. The molecule has 1 aromatic heterocycles. The molecular formula is C16H12N4O2. The number of aromatic amines is 1. The van der Waals surface area contributed by atoms with Crippen LogP contribution in [0.1, 0.15) is 16.8 Å². The number of hydrogen-bond donors (Lipinski definition) is 3. The van der Waals surface area contributed by atoms with E-state index in [1.807, 2.05) is 18.2 Å². The molecule has 0 unspecified atom stereocenters.